The minimum Gasteiger partial charge on any atom is -0.494 e. The molecular formula is C18H18FN3O2S. The van der Waals surface area contributed by atoms with E-state index in [1.807, 2.05) is 18.2 Å². The van der Waals surface area contributed by atoms with Gasteiger partial charge in [-0.25, -0.2) is 9.37 Å². The van der Waals surface area contributed by atoms with Crippen molar-refractivity contribution in [3.05, 3.63) is 53.8 Å². The fourth-order valence-electron chi connectivity index (χ4n) is 2.41. The van der Waals surface area contributed by atoms with Crippen LogP contribution in [0.3, 0.4) is 0 Å². The van der Waals surface area contributed by atoms with Gasteiger partial charge in [0.2, 0.25) is 5.91 Å². The van der Waals surface area contributed by atoms with Gasteiger partial charge in [-0.2, -0.15) is 0 Å². The van der Waals surface area contributed by atoms with E-state index in [4.69, 9.17) is 4.74 Å². The van der Waals surface area contributed by atoms with Gasteiger partial charge in [0, 0.05) is 19.2 Å². The Morgan fingerprint density at radius 1 is 1.28 bits per heavy atom. The van der Waals surface area contributed by atoms with Gasteiger partial charge in [-0.3, -0.25) is 4.79 Å². The van der Waals surface area contributed by atoms with Gasteiger partial charge in [-0.05, 0) is 18.2 Å². The predicted octanol–water partition coefficient (Wildman–Crippen LogP) is 3.20. The van der Waals surface area contributed by atoms with Crippen molar-refractivity contribution in [3.63, 3.8) is 0 Å². The summed E-state index contributed by atoms with van der Waals surface area (Å²) in [5, 5.41) is 3.45. The number of rotatable bonds is 6. The number of likely N-dealkylation sites (N-methyl/N-ethyl adjacent to an activating group) is 1. The summed E-state index contributed by atoms with van der Waals surface area (Å²) in [6.07, 6.45) is 0. The van der Waals surface area contributed by atoms with Crippen molar-refractivity contribution in [2.75, 3.05) is 25.6 Å². The Bertz CT molecular complexity index is 897. The number of fused-ring (bicyclic) bond motifs is 1. The van der Waals surface area contributed by atoms with Gasteiger partial charge >= 0.3 is 0 Å². The number of hydrogen-bond acceptors (Lipinski definition) is 5. The van der Waals surface area contributed by atoms with Crippen LogP contribution in [0.5, 0.6) is 5.75 Å². The molecule has 0 bridgehead atoms. The zero-order valence-electron chi connectivity index (χ0n) is 14.0. The molecule has 3 rings (SSSR count). The molecule has 0 aliphatic rings. The summed E-state index contributed by atoms with van der Waals surface area (Å²) in [5.41, 5.74) is 1.24. The van der Waals surface area contributed by atoms with Gasteiger partial charge in [0.1, 0.15) is 17.1 Å². The summed E-state index contributed by atoms with van der Waals surface area (Å²) in [6, 6.07) is 12.1. The number of nitrogens with zero attached hydrogens (tertiary/aromatic N) is 2. The van der Waals surface area contributed by atoms with Gasteiger partial charge in [0.05, 0.1) is 18.4 Å². The van der Waals surface area contributed by atoms with Crippen molar-refractivity contribution in [1.29, 1.82) is 0 Å². The first kappa shape index (κ1) is 17.2. The number of amides is 1. The Morgan fingerprint density at radius 2 is 2.08 bits per heavy atom. The van der Waals surface area contributed by atoms with Gasteiger partial charge in [0.25, 0.3) is 0 Å². The van der Waals surface area contributed by atoms with Crippen molar-refractivity contribution in [3.8, 4) is 5.75 Å². The quantitative estimate of drug-likeness (QED) is 0.734. The molecule has 130 valence electrons. The second-order valence-electron chi connectivity index (χ2n) is 5.53. The van der Waals surface area contributed by atoms with E-state index in [1.165, 1.54) is 17.4 Å². The Hall–Kier alpha value is -2.67. The van der Waals surface area contributed by atoms with Crippen LogP contribution < -0.4 is 15.0 Å². The van der Waals surface area contributed by atoms with Crippen LogP contribution in [0.1, 0.15) is 5.56 Å². The van der Waals surface area contributed by atoms with Crippen LogP contribution in [0.2, 0.25) is 0 Å². The molecule has 0 saturated carbocycles. The molecule has 1 heterocycles. The second-order valence-corrected chi connectivity index (χ2v) is 6.54. The normalized spacial score (nSPS) is 10.7. The molecular weight excluding hydrogens is 341 g/mol. The maximum absolute atomic E-state index is 13.6. The molecule has 0 unspecified atom stereocenters. The summed E-state index contributed by atoms with van der Waals surface area (Å²) in [4.78, 5) is 18.4. The number of carbonyl (C=O) groups excluding carboxylic acids is 1. The molecule has 1 N–H and O–H groups in total. The van der Waals surface area contributed by atoms with Gasteiger partial charge in [-0.15, -0.1) is 0 Å². The van der Waals surface area contributed by atoms with E-state index in [2.05, 4.69) is 10.3 Å². The van der Waals surface area contributed by atoms with Crippen LogP contribution in [0.15, 0.2) is 42.5 Å². The van der Waals surface area contributed by atoms with Crippen LogP contribution in [-0.4, -0.2) is 31.6 Å². The molecule has 0 aliphatic carbocycles. The maximum Gasteiger partial charge on any atom is 0.239 e. The van der Waals surface area contributed by atoms with Crippen molar-refractivity contribution in [2.24, 2.45) is 0 Å². The van der Waals surface area contributed by atoms with Gasteiger partial charge in [0.15, 0.2) is 5.13 Å². The number of thiazole rings is 1. The standard InChI is InChI=1S/C18H18FN3O2S/c1-22(11-16(23)20-10-12-6-3-4-7-13(12)19)18-21-17-14(24-2)8-5-9-15(17)25-18/h3-9H,10-11H2,1-2H3,(H,20,23). The fraction of sp³-hybridized carbons (Fsp3) is 0.222. The highest BCUT2D eigenvalue weighted by molar-refractivity contribution is 7.22. The number of aromatic nitrogens is 1. The number of para-hydroxylation sites is 1. The number of halogens is 1. The highest BCUT2D eigenvalue weighted by atomic mass is 32.1. The average Bonchev–Trinajstić information content (AvgIpc) is 3.05. The SMILES string of the molecule is COc1cccc2sc(N(C)CC(=O)NCc3ccccc3F)nc12. The van der Waals surface area contributed by atoms with Crippen molar-refractivity contribution in [1.82, 2.24) is 10.3 Å². The van der Waals surface area contributed by atoms with E-state index in [9.17, 15) is 9.18 Å². The molecule has 0 atom stereocenters. The number of anilines is 1. The van der Waals surface area contributed by atoms with Crippen LogP contribution in [0.25, 0.3) is 10.2 Å². The first-order valence-electron chi connectivity index (χ1n) is 7.73. The van der Waals surface area contributed by atoms with Crippen molar-refractivity contribution in [2.45, 2.75) is 6.54 Å². The second kappa shape index (κ2) is 7.48. The molecule has 5 nitrogen and oxygen atoms in total. The Kier molecular flexibility index (Phi) is 5.14. The largest absolute Gasteiger partial charge is 0.494 e. The van der Waals surface area contributed by atoms with Gasteiger partial charge < -0.3 is 15.0 Å². The Morgan fingerprint density at radius 3 is 2.84 bits per heavy atom. The summed E-state index contributed by atoms with van der Waals surface area (Å²) < 4.78 is 19.9. The lowest BCUT2D eigenvalue weighted by atomic mass is 10.2. The summed E-state index contributed by atoms with van der Waals surface area (Å²) in [5.74, 6) is 0.184. The van der Waals surface area contributed by atoms with E-state index in [1.54, 1.807) is 37.3 Å². The number of benzene rings is 2. The maximum atomic E-state index is 13.6. The lowest BCUT2D eigenvalue weighted by molar-refractivity contribution is -0.119. The molecule has 3 aromatic rings. The average molecular weight is 359 g/mol. The number of ether oxygens (including phenoxy) is 1. The molecule has 2 aromatic carbocycles. The highest BCUT2D eigenvalue weighted by Crippen LogP contribution is 2.33. The number of hydrogen-bond donors (Lipinski definition) is 1. The van der Waals surface area contributed by atoms with Crippen LogP contribution in [-0.2, 0) is 11.3 Å². The van der Waals surface area contributed by atoms with Gasteiger partial charge in [-0.1, -0.05) is 35.6 Å². The van der Waals surface area contributed by atoms with Crippen molar-refractivity contribution < 1.29 is 13.9 Å². The minimum absolute atomic E-state index is 0.136. The lowest BCUT2D eigenvalue weighted by Gasteiger charge is -2.15. The first-order chi connectivity index (χ1) is 12.1. The van der Waals surface area contributed by atoms with Crippen LogP contribution >= 0.6 is 11.3 Å². The summed E-state index contributed by atoms with van der Waals surface area (Å²) in [7, 11) is 3.40. The highest BCUT2D eigenvalue weighted by Gasteiger charge is 2.14. The zero-order chi connectivity index (χ0) is 17.8. The molecule has 7 heteroatoms. The molecule has 25 heavy (non-hydrogen) atoms. The number of nitrogens with one attached hydrogen (secondary N) is 1. The molecule has 0 spiro atoms. The van der Waals surface area contributed by atoms with E-state index in [0.717, 1.165) is 15.3 Å². The molecule has 0 radical (unpaired) electrons. The summed E-state index contributed by atoms with van der Waals surface area (Å²) >= 11 is 1.49. The monoisotopic (exact) mass is 359 g/mol. The molecule has 1 amide bonds. The van der Waals surface area contributed by atoms with E-state index >= 15 is 0 Å². The zero-order valence-corrected chi connectivity index (χ0v) is 14.8. The van der Waals surface area contributed by atoms with E-state index < -0.39 is 0 Å². The van der Waals surface area contributed by atoms with Crippen molar-refractivity contribution >= 4 is 32.6 Å². The van der Waals surface area contributed by atoms with Crippen LogP contribution in [0.4, 0.5) is 9.52 Å². The first-order valence-corrected chi connectivity index (χ1v) is 8.55. The Balaban J connectivity index is 1.64. The molecule has 0 fully saturated rings. The minimum atomic E-state index is -0.325. The Labute approximate surface area is 149 Å². The molecule has 0 aliphatic heterocycles. The predicted molar refractivity (Wildman–Crippen MR) is 97.7 cm³/mol. The fourth-order valence-corrected chi connectivity index (χ4v) is 3.36. The topological polar surface area (TPSA) is 54.5 Å². The van der Waals surface area contributed by atoms with Crippen LogP contribution in [0, 0.1) is 5.82 Å². The number of carbonyl (C=O) groups is 1. The third-order valence-corrected chi connectivity index (χ3v) is 4.87. The van der Waals surface area contributed by atoms with E-state index in [-0.39, 0.29) is 24.8 Å². The smallest absolute Gasteiger partial charge is 0.239 e. The lowest BCUT2D eigenvalue weighted by Crippen LogP contribution is -2.34. The molecule has 0 saturated heterocycles. The summed E-state index contributed by atoms with van der Waals surface area (Å²) in [6.45, 7) is 0.295. The third kappa shape index (κ3) is 3.88. The third-order valence-electron chi connectivity index (χ3n) is 3.73. The van der Waals surface area contributed by atoms with E-state index in [0.29, 0.717) is 11.3 Å². The number of methoxy groups -OCH3 is 1. The molecule has 1 aromatic heterocycles.